The van der Waals surface area contributed by atoms with E-state index in [-0.39, 0.29) is 5.91 Å². The molecule has 0 spiro atoms. The molecule has 0 aliphatic rings. The van der Waals surface area contributed by atoms with E-state index in [9.17, 15) is 4.79 Å². The van der Waals surface area contributed by atoms with Crippen LogP contribution in [0.4, 0.5) is 11.5 Å². The number of carbonyl (C=O) groups is 1. The summed E-state index contributed by atoms with van der Waals surface area (Å²) in [4.78, 5) is 22.9. The van der Waals surface area contributed by atoms with Crippen molar-refractivity contribution in [3.63, 3.8) is 0 Å². The van der Waals surface area contributed by atoms with Gasteiger partial charge in [0.05, 0.1) is 24.7 Å². The fourth-order valence-electron chi connectivity index (χ4n) is 2.51. The summed E-state index contributed by atoms with van der Waals surface area (Å²) in [5.41, 5.74) is 1.18. The van der Waals surface area contributed by atoms with E-state index in [1.54, 1.807) is 6.20 Å². The lowest BCUT2D eigenvalue weighted by Crippen LogP contribution is -2.33. The van der Waals surface area contributed by atoms with E-state index in [4.69, 9.17) is 4.74 Å². The number of nitrogens with one attached hydrogen (secondary N) is 1. The van der Waals surface area contributed by atoms with Gasteiger partial charge < -0.3 is 15.0 Å². The number of benzene rings is 1. The molecule has 1 N–H and O–H groups in total. The first-order chi connectivity index (χ1) is 12.2. The number of aromatic nitrogens is 2. The molecule has 25 heavy (non-hydrogen) atoms. The number of amides is 1. The van der Waals surface area contributed by atoms with Crippen molar-refractivity contribution in [2.45, 2.75) is 33.6 Å². The molecule has 0 aliphatic heterocycles. The first kappa shape index (κ1) is 18.7. The molecule has 1 aromatic heterocycles. The van der Waals surface area contributed by atoms with Crippen LogP contribution < -0.4 is 10.1 Å². The van der Waals surface area contributed by atoms with Crippen LogP contribution in [0.3, 0.4) is 0 Å². The first-order valence-corrected chi connectivity index (χ1v) is 8.79. The van der Waals surface area contributed by atoms with Gasteiger partial charge in [-0.05, 0) is 31.9 Å². The summed E-state index contributed by atoms with van der Waals surface area (Å²) in [6.07, 6.45) is 4.94. The molecule has 0 unspecified atom stereocenters. The maximum Gasteiger partial charge on any atom is 0.274 e. The minimum atomic E-state index is -0.0718. The highest BCUT2D eigenvalue weighted by Gasteiger charge is 2.16. The van der Waals surface area contributed by atoms with E-state index in [0.29, 0.717) is 18.1 Å². The molecular formula is C19H26N4O2. The van der Waals surface area contributed by atoms with Gasteiger partial charge >= 0.3 is 0 Å². The van der Waals surface area contributed by atoms with Crippen molar-refractivity contribution >= 4 is 17.4 Å². The van der Waals surface area contributed by atoms with Crippen molar-refractivity contribution in [3.8, 4) is 5.75 Å². The fraction of sp³-hybridized carbons (Fsp3) is 0.421. The lowest BCUT2D eigenvalue weighted by Gasteiger charge is -2.20. The summed E-state index contributed by atoms with van der Waals surface area (Å²) in [6, 6.07) is 7.64. The normalized spacial score (nSPS) is 10.4. The van der Waals surface area contributed by atoms with Crippen LogP contribution in [0.25, 0.3) is 0 Å². The number of carbonyl (C=O) groups excluding carboxylic acids is 1. The molecular weight excluding hydrogens is 316 g/mol. The fourth-order valence-corrected chi connectivity index (χ4v) is 2.51. The van der Waals surface area contributed by atoms with Gasteiger partial charge in [0.2, 0.25) is 0 Å². The smallest absolute Gasteiger partial charge is 0.274 e. The second-order valence-electron chi connectivity index (χ2n) is 5.63. The van der Waals surface area contributed by atoms with Crippen molar-refractivity contribution in [2.24, 2.45) is 0 Å². The summed E-state index contributed by atoms with van der Waals surface area (Å²) in [5.74, 6) is 1.25. The van der Waals surface area contributed by atoms with Crippen LogP contribution >= 0.6 is 0 Å². The highest BCUT2D eigenvalue weighted by Crippen LogP contribution is 2.26. The quantitative estimate of drug-likeness (QED) is 0.749. The topological polar surface area (TPSA) is 67.4 Å². The van der Waals surface area contributed by atoms with E-state index in [1.165, 1.54) is 6.20 Å². The Balaban J connectivity index is 2.10. The first-order valence-electron chi connectivity index (χ1n) is 8.79. The third-order valence-corrected chi connectivity index (χ3v) is 3.59. The summed E-state index contributed by atoms with van der Waals surface area (Å²) < 4.78 is 5.58. The number of nitrogens with zero attached hydrogens (tertiary/aromatic N) is 3. The van der Waals surface area contributed by atoms with Gasteiger partial charge in [0.15, 0.2) is 0 Å². The second kappa shape index (κ2) is 9.61. The standard InChI is InChI=1S/C19H26N4O2/c1-4-11-23(12-5-2)19(24)16-13-21-18(14-20-16)22-15-9-7-8-10-17(15)25-6-3/h7-10,13-14H,4-6,11-12H2,1-3H3,(H,21,22). The molecule has 134 valence electrons. The van der Waals surface area contributed by atoms with Crippen LogP contribution in [-0.4, -0.2) is 40.5 Å². The Hall–Kier alpha value is -2.63. The van der Waals surface area contributed by atoms with E-state index < -0.39 is 0 Å². The molecule has 0 bridgehead atoms. The zero-order valence-electron chi connectivity index (χ0n) is 15.2. The predicted molar refractivity (Wildman–Crippen MR) is 99.4 cm³/mol. The average Bonchev–Trinajstić information content (AvgIpc) is 2.63. The Morgan fingerprint density at radius 2 is 1.80 bits per heavy atom. The largest absolute Gasteiger partial charge is 0.492 e. The highest BCUT2D eigenvalue weighted by atomic mass is 16.5. The molecule has 1 heterocycles. The van der Waals surface area contributed by atoms with Crippen molar-refractivity contribution < 1.29 is 9.53 Å². The minimum Gasteiger partial charge on any atom is -0.492 e. The van der Waals surface area contributed by atoms with E-state index >= 15 is 0 Å². The molecule has 1 aromatic carbocycles. The molecule has 0 saturated heterocycles. The lowest BCUT2D eigenvalue weighted by atomic mass is 10.3. The Bertz CT molecular complexity index is 667. The molecule has 2 aromatic rings. The Kier molecular flexibility index (Phi) is 7.19. The van der Waals surface area contributed by atoms with E-state index in [1.807, 2.05) is 36.1 Å². The zero-order chi connectivity index (χ0) is 18.1. The number of ether oxygens (including phenoxy) is 1. The molecule has 1 amide bonds. The number of rotatable bonds is 9. The molecule has 6 heteroatoms. The van der Waals surface area contributed by atoms with Gasteiger partial charge in [-0.3, -0.25) is 4.79 Å². The Morgan fingerprint density at radius 3 is 2.40 bits per heavy atom. The van der Waals surface area contributed by atoms with Gasteiger partial charge in [0.25, 0.3) is 5.91 Å². The average molecular weight is 342 g/mol. The van der Waals surface area contributed by atoms with Crippen LogP contribution in [-0.2, 0) is 0 Å². The third-order valence-electron chi connectivity index (χ3n) is 3.59. The second-order valence-corrected chi connectivity index (χ2v) is 5.63. The van der Waals surface area contributed by atoms with Gasteiger partial charge in [-0.2, -0.15) is 0 Å². The zero-order valence-corrected chi connectivity index (χ0v) is 15.2. The molecule has 6 nitrogen and oxygen atoms in total. The van der Waals surface area contributed by atoms with E-state index in [0.717, 1.165) is 37.4 Å². The number of hydrogen-bond donors (Lipinski definition) is 1. The summed E-state index contributed by atoms with van der Waals surface area (Å²) in [6.45, 7) is 8.11. The minimum absolute atomic E-state index is 0.0718. The molecule has 0 fully saturated rings. The molecule has 0 aliphatic carbocycles. The molecule has 0 saturated carbocycles. The van der Waals surface area contributed by atoms with Crippen molar-refractivity contribution in [2.75, 3.05) is 25.0 Å². The molecule has 0 radical (unpaired) electrons. The number of hydrogen-bond acceptors (Lipinski definition) is 5. The van der Waals surface area contributed by atoms with Crippen LogP contribution in [0.1, 0.15) is 44.1 Å². The van der Waals surface area contributed by atoms with Gasteiger partial charge in [0.1, 0.15) is 17.3 Å². The monoisotopic (exact) mass is 342 g/mol. The SMILES string of the molecule is CCCN(CCC)C(=O)c1cnc(Nc2ccccc2OCC)cn1. The van der Waals surface area contributed by atoms with Gasteiger partial charge in [0, 0.05) is 13.1 Å². The predicted octanol–water partition coefficient (Wildman–Crippen LogP) is 3.88. The van der Waals surface area contributed by atoms with Crippen molar-refractivity contribution in [1.29, 1.82) is 0 Å². The van der Waals surface area contributed by atoms with Gasteiger partial charge in [-0.1, -0.05) is 26.0 Å². The Morgan fingerprint density at radius 1 is 1.08 bits per heavy atom. The van der Waals surface area contributed by atoms with E-state index in [2.05, 4.69) is 29.1 Å². The molecule has 2 rings (SSSR count). The Labute approximate surface area is 149 Å². The summed E-state index contributed by atoms with van der Waals surface area (Å²) in [7, 11) is 0. The van der Waals surface area contributed by atoms with Crippen LogP contribution in [0.2, 0.25) is 0 Å². The van der Waals surface area contributed by atoms with Crippen LogP contribution in [0, 0.1) is 0 Å². The highest BCUT2D eigenvalue weighted by molar-refractivity contribution is 5.92. The third kappa shape index (κ3) is 5.17. The van der Waals surface area contributed by atoms with Gasteiger partial charge in [-0.25, -0.2) is 9.97 Å². The molecule has 0 atom stereocenters. The maximum atomic E-state index is 12.5. The summed E-state index contributed by atoms with van der Waals surface area (Å²) >= 11 is 0. The number of para-hydroxylation sites is 2. The van der Waals surface area contributed by atoms with Crippen LogP contribution in [0.15, 0.2) is 36.7 Å². The van der Waals surface area contributed by atoms with Crippen molar-refractivity contribution in [1.82, 2.24) is 14.9 Å². The number of anilines is 2. The summed E-state index contributed by atoms with van der Waals surface area (Å²) in [5, 5.41) is 3.18. The van der Waals surface area contributed by atoms with Crippen LogP contribution in [0.5, 0.6) is 5.75 Å². The maximum absolute atomic E-state index is 12.5. The van der Waals surface area contributed by atoms with Gasteiger partial charge in [-0.15, -0.1) is 0 Å². The lowest BCUT2D eigenvalue weighted by molar-refractivity contribution is 0.0749. The van der Waals surface area contributed by atoms with Crippen molar-refractivity contribution in [3.05, 3.63) is 42.4 Å².